The van der Waals surface area contributed by atoms with Crippen LogP contribution in [0.1, 0.15) is 59.8 Å². The molecule has 0 saturated carbocycles. The molecule has 3 aromatic carbocycles. The van der Waals surface area contributed by atoms with Gasteiger partial charge in [0.1, 0.15) is 24.1 Å². The molecule has 0 aliphatic carbocycles. The second-order valence-electron chi connectivity index (χ2n) is 10.1. The summed E-state index contributed by atoms with van der Waals surface area (Å²) >= 11 is 4.83. The molecule has 1 N–H and O–H groups in total. The minimum absolute atomic E-state index is 0.191. The number of hydrogen-bond acceptors (Lipinski definition) is 8. The van der Waals surface area contributed by atoms with E-state index in [0.717, 1.165) is 17.5 Å². The molecule has 2 heterocycles. The number of thiazole rings is 1. The smallest absolute Gasteiger partial charge is 0.338 e. The first-order chi connectivity index (χ1) is 21.7. The van der Waals surface area contributed by atoms with Gasteiger partial charge in [-0.05, 0) is 76.8 Å². The highest BCUT2D eigenvalue weighted by Gasteiger charge is 2.35. The summed E-state index contributed by atoms with van der Waals surface area (Å²) < 4.78 is 19.8. The molecule has 45 heavy (non-hydrogen) atoms. The van der Waals surface area contributed by atoms with E-state index in [1.54, 1.807) is 48.9 Å². The van der Waals surface area contributed by atoms with Crippen LogP contribution in [0.2, 0.25) is 0 Å². The molecule has 1 aliphatic heterocycles. The van der Waals surface area contributed by atoms with Gasteiger partial charge in [-0.1, -0.05) is 61.1 Å². The van der Waals surface area contributed by atoms with E-state index < -0.39 is 18.0 Å². The van der Waals surface area contributed by atoms with Crippen molar-refractivity contribution >= 4 is 45.3 Å². The van der Waals surface area contributed by atoms with E-state index in [1.807, 2.05) is 37.3 Å². The lowest BCUT2D eigenvalue weighted by Gasteiger charge is -2.26. The van der Waals surface area contributed by atoms with E-state index in [4.69, 9.17) is 24.3 Å². The number of fused-ring (bicyclic) bond motifs is 1. The van der Waals surface area contributed by atoms with Gasteiger partial charge >= 0.3 is 11.9 Å². The maximum Gasteiger partial charge on any atom is 0.338 e. The number of aromatic carboxylic acids is 1. The molecule has 232 valence electrons. The number of benzene rings is 3. The normalized spacial score (nSPS) is 14.5. The van der Waals surface area contributed by atoms with Crippen LogP contribution < -0.4 is 24.4 Å². The maximum atomic E-state index is 14.1. The molecule has 11 heteroatoms. The van der Waals surface area contributed by atoms with Gasteiger partial charge in [0.15, 0.2) is 4.80 Å². The standard InChI is InChI=1S/C34H31BrN2O7S/c1-4-8-25-29(33(41)43-5-2)30(23-9-6-7-10-26(23)42-3)37-31(38)28(45-34(37)36-25)18-21-13-16-27(24(35)17-21)44-19-20-11-14-22(15-12-20)32(39)40/h6-7,9-18,30H,4-5,8,19H2,1-3H3,(H,39,40)/b28-18+/t30-/m0/s1. The number of esters is 1. The Morgan fingerprint density at radius 3 is 2.49 bits per heavy atom. The molecule has 0 bridgehead atoms. The van der Waals surface area contributed by atoms with E-state index in [2.05, 4.69) is 15.9 Å². The number of allylic oxidation sites excluding steroid dienone is 1. The van der Waals surface area contributed by atoms with Gasteiger partial charge in [0.05, 0.1) is 39.6 Å². The predicted octanol–water partition coefficient (Wildman–Crippen LogP) is 5.63. The highest BCUT2D eigenvalue weighted by atomic mass is 79.9. The Hall–Kier alpha value is -4.48. The van der Waals surface area contributed by atoms with Crippen LogP contribution in [0.4, 0.5) is 0 Å². The molecule has 1 aromatic heterocycles. The van der Waals surface area contributed by atoms with Crippen LogP contribution >= 0.6 is 27.3 Å². The molecule has 1 aliphatic rings. The minimum Gasteiger partial charge on any atom is -0.496 e. The van der Waals surface area contributed by atoms with Crippen molar-refractivity contribution in [3.63, 3.8) is 0 Å². The second kappa shape index (κ2) is 14.1. The number of hydrogen-bond donors (Lipinski definition) is 1. The predicted molar refractivity (Wildman–Crippen MR) is 175 cm³/mol. The van der Waals surface area contributed by atoms with Gasteiger partial charge < -0.3 is 19.3 Å². The van der Waals surface area contributed by atoms with Gasteiger partial charge in [0.25, 0.3) is 5.56 Å². The third-order valence-electron chi connectivity index (χ3n) is 7.17. The fraction of sp³-hybridized carbons (Fsp3) is 0.235. The number of para-hydroxylation sites is 1. The van der Waals surface area contributed by atoms with Crippen LogP contribution in [0.25, 0.3) is 6.08 Å². The number of carbonyl (C=O) groups is 2. The highest BCUT2D eigenvalue weighted by Crippen LogP contribution is 2.37. The fourth-order valence-corrected chi connectivity index (χ4v) is 6.62. The minimum atomic E-state index is -0.982. The summed E-state index contributed by atoms with van der Waals surface area (Å²) in [6.45, 7) is 4.20. The Bertz CT molecular complexity index is 1960. The van der Waals surface area contributed by atoms with Crippen molar-refractivity contribution in [2.24, 2.45) is 4.99 Å². The zero-order valence-electron chi connectivity index (χ0n) is 24.9. The summed E-state index contributed by atoms with van der Waals surface area (Å²) in [7, 11) is 1.56. The molecule has 0 radical (unpaired) electrons. The number of methoxy groups -OCH3 is 1. The van der Waals surface area contributed by atoms with Gasteiger partial charge in [-0.15, -0.1) is 0 Å². The number of carbonyl (C=O) groups excluding carboxylic acids is 1. The quantitative estimate of drug-likeness (QED) is 0.203. The van der Waals surface area contributed by atoms with Crippen molar-refractivity contribution in [2.45, 2.75) is 39.3 Å². The van der Waals surface area contributed by atoms with Crippen molar-refractivity contribution in [2.75, 3.05) is 13.7 Å². The average Bonchev–Trinajstić information content (AvgIpc) is 3.34. The summed E-state index contributed by atoms with van der Waals surface area (Å²) in [5.41, 5.74) is 3.12. The van der Waals surface area contributed by atoms with Gasteiger partial charge in [-0.2, -0.15) is 0 Å². The molecular formula is C34H31BrN2O7S. The number of aromatic nitrogens is 1. The lowest BCUT2D eigenvalue weighted by molar-refractivity contribution is -0.139. The van der Waals surface area contributed by atoms with Crippen LogP contribution in [0.15, 0.2) is 92.3 Å². The first-order valence-electron chi connectivity index (χ1n) is 14.3. The third-order valence-corrected chi connectivity index (χ3v) is 8.78. The van der Waals surface area contributed by atoms with E-state index >= 15 is 0 Å². The maximum absolute atomic E-state index is 14.1. The molecule has 0 unspecified atom stereocenters. The Morgan fingerprint density at radius 2 is 1.82 bits per heavy atom. The van der Waals surface area contributed by atoms with E-state index in [-0.39, 0.29) is 24.3 Å². The molecule has 0 fully saturated rings. The number of nitrogens with zero attached hydrogens (tertiary/aromatic N) is 2. The monoisotopic (exact) mass is 690 g/mol. The van der Waals surface area contributed by atoms with Crippen molar-refractivity contribution in [1.29, 1.82) is 0 Å². The first kappa shape index (κ1) is 31.9. The van der Waals surface area contributed by atoms with Crippen LogP contribution in [0, 0.1) is 0 Å². The molecule has 0 spiro atoms. The Labute approximate surface area is 271 Å². The molecule has 0 saturated heterocycles. The average molecular weight is 692 g/mol. The summed E-state index contributed by atoms with van der Waals surface area (Å²) in [6, 6.07) is 18.6. The second-order valence-corrected chi connectivity index (χ2v) is 12.0. The Morgan fingerprint density at radius 1 is 1.07 bits per heavy atom. The van der Waals surface area contributed by atoms with Crippen molar-refractivity contribution in [3.05, 3.63) is 124 Å². The number of halogens is 1. The topological polar surface area (TPSA) is 116 Å². The number of rotatable bonds is 11. The lowest BCUT2D eigenvalue weighted by Crippen LogP contribution is -2.40. The van der Waals surface area contributed by atoms with Crippen molar-refractivity contribution < 1.29 is 28.9 Å². The van der Waals surface area contributed by atoms with Crippen LogP contribution in [-0.4, -0.2) is 35.3 Å². The molecule has 1 atom stereocenters. The Balaban J connectivity index is 1.54. The van der Waals surface area contributed by atoms with E-state index in [0.29, 0.717) is 48.6 Å². The largest absolute Gasteiger partial charge is 0.496 e. The molecule has 0 amide bonds. The van der Waals surface area contributed by atoms with E-state index in [1.165, 1.54) is 23.5 Å². The zero-order valence-corrected chi connectivity index (χ0v) is 27.3. The number of carboxylic acids is 1. The van der Waals surface area contributed by atoms with Crippen molar-refractivity contribution in [1.82, 2.24) is 4.57 Å². The van der Waals surface area contributed by atoms with Crippen LogP contribution in [0.5, 0.6) is 11.5 Å². The van der Waals surface area contributed by atoms with Crippen LogP contribution in [0.3, 0.4) is 0 Å². The van der Waals surface area contributed by atoms with Gasteiger partial charge in [-0.25, -0.2) is 14.6 Å². The van der Waals surface area contributed by atoms with Gasteiger partial charge in [0.2, 0.25) is 0 Å². The molecule has 5 rings (SSSR count). The van der Waals surface area contributed by atoms with Crippen LogP contribution in [-0.2, 0) is 16.1 Å². The van der Waals surface area contributed by atoms with Gasteiger partial charge in [-0.3, -0.25) is 9.36 Å². The highest BCUT2D eigenvalue weighted by molar-refractivity contribution is 9.10. The molecule has 9 nitrogen and oxygen atoms in total. The summed E-state index contributed by atoms with van der Waals surface area (Å²) in [5.74, 6) is -0.346. The SMILES string of the molecule is CCCC1=C(C(=O)OCC)[C@H](c2ccccc2OC)n2c(s/c(=C/c3ccc(OCc4ccc(C(=O)O)cc4)c(Br)c3)c2=O)=N1. The summed E-state index contributed by atoms with van der Waals surface area (Å²) in [6.07, 6.45) is 3.09. The lowest BCUT2D eigenvalue weighted by atomic mass is 9.93. The first-order valence-corrected chi connectivity index (χ1v) is 16.0. The zero-order chi connectivity index (χ0) is 32.1. The molecule has 4 aromatic rings. The third kappa shape index (κ3) is 6.79. The van der Waals surface area contributed by atoms with Crippen molar-refractivity contribution in [3.8, 4) is 11.5 Å². The summed E-state index contributed by atoms with van der Waals surface area (Å²) in [5, 5.41) is 9.10. The molecular weight excluding hydrogens is 660 g/mol. The number of ether oxygens (including phenoxy) is 3. The van der Waals surface area contributed by atoms with Gasteiger partial charge in [0, 0.05) is 5.56 Å². The Kier molecular flexibility index (Phi) is 9.99. The summed E-state index contributed by atoms with van der Waals surface area (Å²) in [4.78, 5) is 43.9. The number of carboxylic acid groups (broad SMARTS) is 1. The van der Waals surface area contributed by atoms with E-state index in [9.17, 15) is 14.4 Å². The fourth-order valence-electron chi connectivity index (χ4n) is 5.09.